The maximum atomic E-state index is 11.6. The van der Waals surface area contributed by atoms with Gasteiger partial charge in [-0.3, -0.25) is 10.1 Å². The second kappa shape index (κ2) is 5.11. The molecule has 1 heterocycles. The lowest BCUT2D eigenvalue weighted by molar-refractivity contribution is -0.384. The number of anilines is 1. The molecule has 1 saturated heterocycles. The Hall–Kier alpha value is -2.11. The summed E-state index contributed by atoms with van der Waals surface area (Å²) in [5.74, 6) is -0.938. The summed E-state index contributed by atoms with van der Waals surface area (Å²) >= 11 is 0. The van der Waals surface area contributed by atoms with Crippen LogP contribution in [0, 0.1) is 17.0 Å². The monoisotopic (exact) mass is 278 g/mol. The first-order valence-corrected chi connectivity index (χ1v) is 6.62. The molecule has 0 bridgehead atoms. The largest absolute Gasteiger partial charge is 0.480 e. The maximum Gasteiger partial charge on any atom is 0.329 e. The van der Waals surface area contributed by atoms with E-state index in [0.717, 1.165) is 18.4 Å². The molecule has 0 spiro atoms. The second-order valence-electron chi connectivity index (χ2n) is 5.44. The number of aryl methyl sites for hydroxylation is 1. The molecule has 108 valence electrons. The van der Waals surface area contributed by atoms with Crippen LogP contribution in [0.2, 0.25) is 0 Å². The Labute approximate surface area is 117 Å². The van der Waals surface area contributed by atoms with Gasteiger partial charge in [0.05, 0.1) is 4.92 Å². The van der Waals surface area contributed by atoms with Crippen LogP contribution in [0.3, 0.4) is 0 Å². The van der Waals surface area contributed by atoms with E-state index in [2.05, 4.69) is 0 Å². The molecule has 1 aromatic carbocycles. The Balaban J connectivity index is 2.53. The molecule has 0 aromatic heterocycles. The minimum Gasteiger partial charge on any atom is -0.480 e. The Bertz CT molecular complexity index is 558. The summed E-state index contributed by atoms with van der Waals surface area (Å²) < 4.78 is 0. The first-order chi connectivity index (χ1) is 9.36. The van der Waals surface area contributed by atoms with Crippen molar-refractivity contribution < 1.29 is 14.8 Å². The Morgan fingerprint density at radius 1 is 1.45 bits per heavy atom. The maximum absolute atomic E-state index is 11.6. The van der Waals surface area contributed by atoms with Crippen LogP contribution >= 0.6 is 0 Å². The minimum absolute atomic E-state index is 0.0284. The zero-order valence-corrected chi connectivity index (χ0v) is 11.6. The van der Waals surface area contributed by atoms with E-state index in [-0.39, 0.29) is 5.69 Å². The summed E-state index contributed by atoms with van der Waals surface area (Å²) in [4.78, 5) is 24.0. The third-order valence-corrected chi connectivity index (χ3v) is 3.97. The van der Waals surface area contributed by atoms with Gasteiger partial charge in [-0.2, -0.15) is 0 Å². The molecule has 0 aliphatic carbocycles. The van der Waals surface area contributed by atoms with E-state index < -0.39 is 16.4 Å². The van der Waals surface area contributed by atoms with Crippen LogP contribution in [0.15, 0.2) is 18.2 Å². The van der Waals surface area contributed by atoms with E-state index in [9.17, 15) is 20.0 Å². The van der Waals surface area contributed by atoms with Gasteiger partial charge in [0.2, 0.25) is 0 Å². The van der Waals surface area contributed by atoms with Gasteiger partial charge in [0.1, 0.15) is 11.2 Å². The van der Waals surface area contributed by atoms with E-state index in [0.29, 0.717) is 18.7 Å². The number of nitro benzene ring substituents is 1. The fourth-order valence-corrected chi connectivity index (χ4v) is 2.74. The van der Waals surface area contributed by atoms with E-state index in [1.54, 1.807) is 30.9 Å². The zero-order valence-electron chi connectivity index (χ0n) is 11.6. The van der Waals surface area contributed by atoms with Gasteiger partial charge in [-0.25, -0.2) is 4.79 Å². The molecule has 1 aliphatic rings. The average Bonchev–Trinajstić information content (AvgIpc) is 2.39. The van der Waals surface area contributed by atoms with Crippen LogP contribution in [0.1, 0.15) is 31.7 Å². The molecular weight excluding hydrogens is 260 g/mol. The van der Waals surface area contributed by atoms with Crippen molar-refractivity contribution in [2.24, 2.45) is 0 Å². The van der Waals surface area contributed by atoms with E-state index in [1.165, 1.54) is 6.07 Å². The van der Waals surface area contributed by atoms with Gasteiger partial charge in [0, 0.05) is 12.6 Å². The normalized spacial score (nSPS) is 22.6. The second-order valence-corrected chi connectivity index (χ2v) is 5.44. The fourth-order valence-electron chi connectivity index (χ4n) is 2.74. The van der Waals surface area contributed by atoms with Crippen LogP contribution < -0.4 is 4.90 Å². The highest BCUT2D eigenvalue weighted by molar-refractivity contribution is 5.85. The first-order valence-electron chi connectivity index (χ1n) is 6.62. The number of hydrogen-bond donors (Lipinski definition) is 1. The van der Waals surface area contributed by atoms with Crippen molar-refractivity contribution >= 4 is 17.3 Å². The summed E-state index contributed by atoms with van der Waals surface area (Å²) in [6.45, 7) is 3.94. The molecule has 6 nitrogen and oxygen atoms in total. The van der Waals surface area contributed by atoms with Gasteiger partial charge < -0.3 is 10.0 Å². The molecule has 1 N–H and O–H groups in total. The molecule has 6 heteroatoms. The number of aliphatic carboxylic acids is 1. The molecule has 0 amide bonds. The summed E-state index contributed by atoms with van der Waals surface area (Å²) in [6.07, 6.45) is 2.15. The first kappa shape index (κ1) is 14.3. The lowest BCUT2D eigenvalue weighted by Gasteiger charge is -2.42. The fraction of sp³-hybridized carbons (Fsp3) is 0.500. The summed E-state index contributed by atoms with van der Waals surface area (Å²) in [7, 11) is 0. The predicted molar refractivity (Wildman–Crippen MR) is 75.1 cm³/mol. The molecule has 20 heavy (non-hydrogen) atoms. The van der Waals surface area contributed by atoms with Crippen LogP contribution in [-0.4, -0.2) is 28.1 Å². The molecule has 0 radical (unpaired) electrons. The number of piperidine rings is 1. The van der Waals surface area contributed by atoms with E-state index in [1.807, 2.05) is 0 Å². The molecule has 1 atom stereocenters. The molecule has 1 aromatic rings. The van der Waals surface area contributed by atoms with Gasteiger partial charge >= 0.3 is 5.97 Å². The minimum atomic E-state index is -1.09. The van der Waals surface area contributed by atoms with E-state index >= 15 is 0 Å². The number of carboxylic acids is 1. The van der Waals surface area contributed by atoms with Gasteiger partial charge in [-0.1, -0.05) is 6.07 Å². The molecule has 1 aliphatic heterocycles. The number of nitrogens with zero attached hydrogens (tertiary/aromatic N) is 2. The number of rotatable bonds is 3. The standard InChI is InChI=1S/C14H18N2O4/c1-10-5-6-11(12(9-10)16(19)20)15-8-4-3-7-14(15,2)13(17)18/h5-6,9H,3-4,7-8H2,1-2H3,(H,17,18). The number of hydrogen-bond acceptors (Lipinski definition) is 4. The quantitative estimate of drug-likeness (QED) is 0.679. The Kier molecular flexibility index (Phi) is 3.65. The highest BCUT2D eigenvalue weighted by atomic mass is 16.6. The SMILES string of the molecule is Cc1ccc(N2CCCCC2(C)C(=O)O)c([N+](=O)[O-])c1. The smallest absolute Gasteiger partial charge is 0.329 e. The van der Waals surface area contributed by atoms with Crippen molar-refractivity contribution in [1.82, 2.24) is 0 Å². The van der Waals surface area contributed by atoms with Crippen molar-refractivity contribution in [3.8, 4) is 0 Å². The molecule has 0 saturated carbocycles. The van der Waals surface area contributed by atoms with Crippen molar-refractivity contribution in [3.63, 3.8) is 0 Å². The highest BCUT2D eigenvalue weighted by Gasteiger charge is 2.43. The van der Waals surface area contributed by atoms with Crippen LogP contribution in [0.5, 0.6) is 0 Å². The highest BCUT2D eigenvalue weighted by Crippen LogP contribution is 2.38. The van der Waals surface area contributed by atoms with Crippen molar-refractivity contribution in [1.29, 1.82) is 0 Å². The van der Waals surface area contributed by atoms with Crippen molar-refractivity contribution in [3.05, 3.63) is 33.9 Å². The average molecular weight is 278 g/mol. The van der Waals surface area contributed by atoms with Gasteiger partial charge in [0.15, 0.2) is 0 Å². The molecule has 2 rings (SSSR count). The van der Waals surface area contributed by atoms with Crippen molar-refractivity contribution in [2.75, 3.05) is 11.4 Å². The lowest BCUT2D eigenvalue weighted by atomic mass is 9.87. The number of carboxylic acid groups (broad SMARTS) is 1. The molecule has 1 fully saturated rings. The van der Waals surface area contributed by atoms with Gasteiger partial charge in [-0.05, 0) is 44.7 Å². The predicted octanol–water partition coefficient (Wildman–Crippen LogP) is 2.74. The van der Waals surface area contributed by atoms with Gasteiger partial charge in [-0.15, -0.1) is 0 Å². The van der Waals surface area contributed by atoms with Gasteiger partial charge in [0.25, 0.3) is 5.69 Å². The number of nitro groups is 1. The summed E-state index contributed by atoms with van der Waals surface area (Å²) in [5, 5.41) is 20.7. The zero-order chi connectivity index (χ0) is 14.9. The number of benzene rings is 1. The number of carbonyl (C=O) groups is 1. The van der Waals surface area contributed by atoms with Crippen molar-refractivity contribution in [2.45, 2.75) is 38.6 Å². The third kappa shape index (κ3) is 2.33. The Morgan fingerprint density at radius 3 is 2.75 bits per heavy atom. The molecule has 1 unspecified atom stereocenters. The Morgan fingerprint density at radius 2 is 2.15 bits per heavy atom. The lowest BCUT2D eigenvalue weighted by Crippen LogP contribution is -2.55. The third-order valence-electron chi connectivity index (χ3n) is 3.97. The topological polar surface area (TPSA) is 83.7 Å². The van der Waals surface area contributed by atoms with Crippen LogP contribution in [0.25, 0.3) is 0 Å². The van der Waals surface area contributed by atoms with Crippen LogP contribution in [0.4, 0.5) is 11.4 Å². The summed E-state index contributed by atoms with van der Waals surface area (Å²) in [6, 6.07) is 4.92. The molecular formula is C14H18N2O4. The summed E-state index contributed by atoms with van der Waals surface area (Å²) in [5.41, 5.74) is 0.0669. The van der Waals surface area contributed by atoms with Crippen LogP contribution in [-0.2, 0) is 4.79 Å². The van der Waals surface area contributed by atoms with E-state index in [4.69, 9.17) is 0 Å².